The number of benzene rings is 2. The van der Waals surface area contributed by atoms with Crippen molar-refractivity contribution in [2.75, 3.05) is 18.5 Å². The molecule has 1 fully saturated rings. The second-order valence-electron chi connectivity index (χ2n) is 5.26. The number of nitrogens with zero attached hydrogens (tertiary/aromatic N) is 2. The van der Waals surface area contributed by atoms with Crippen molar-refractivity contribution in [2.24, 2.45) is 0 Å². The Labute approximate surface area is 124 Å². The molecule has 1 aliphatic heterocycles. The summed E-state index contributed by atoms with van der Waals surface area (Å²) >= 11 is 0. The van der Waals surface area contributed by atoms with Crippen LogP contribution in [0, 0.1) is 11.3 Å². The van der Waals surface area contributed by atoms with E-state index in [1.807, 2.05) is 36.4 Å². The van der Waals surface area contributed by atoms with Gasteiger partial charge in [0, 0.05) is 30.1 Å². The second-order valence-corrected chi connectivity index (χ2v) is 5.26. The van der Waals surface area contributed by atoms with Crippen LogP contribution in [0.3, 0.4) is 0 Å². The number of hydrogen-bond donors (Lipinski definition) is 1. The van der Waals surface area contributed by atoms with Crippen molar-refractivity contribution in [1.29, 1.82) is 5.26 Å². The zero-order chi connectivity index (χ0) is 14.8. The van der Waals surface area contributed by atoms with E-state index in [4.69, 9.17) is 0 Å². The quantitative estimate of drug-likeness (QED) is 0.918. The van der Waals surface area contributed by atoms with Crippen molar-refractivity contribution in [1.82, 2.24) is 5.32 Å². The van der Waals surface area contributed by atoms with Gasteiger partial charge in [0.25, 0.3) is 0 Å². The van der Waals surface area contributed by atoms with Gasteiger partial charge in [0.1, 0.15) is 6.04 Å². The predicted octanol–water partition coefficient (Wildman–Crippen LogP) is 2.43. The molecule has 1 atom stereocenters. The number of likely N-dealkylation sites (N-methyl/N-ethyl adjacent to an activating group) is 1. The molecule has 0 spiro atoms. The maximum atomic E-state index is 12.1. The summed E-state index contributed by atoms with van der Waals surface area (Å²) in [7, 11) is 1.68. The SMILES string of the molecule is CNC(=O)C1CCCN1c1ccc(C#N)c2ccccc12. The first kappa shape index (κ1) is 13.4. The van der Waals surface area contributed by atoms with Crippen molar-refractivity contribution in [2.45, 2.75) is 18.9 Å². The van der Waals surface area contributed by atoms with Gasteiger partial charge in [-0.05, 0) is 25.0 Å². The lowest BCUT2D eigenvalue weighted by molar-refractivity contribution is -0.121. The topological polar surface area (TPSA) is 56.1 Å². The molecular formula is C17H17N3O. The summed E-state index contributed by atoms with van der Waals surface area (Å²) in [4.78, 5) is 14.2. The molecule has 0 saturated carbocycles. The van der Waals surface area contributed by atoms with Crippen molar-refractivity contribution in [3.63, 3.8) is 0 Å². The van der Waals surface area contributed by atoms with Gasteiger partial charge in [-0.25, -0.2) is 0 Å². The first-order valence-electron chi connectivity index (χ1n) is 7.16. The summed E-state index contributed by atoms with van der Waals surface area (Å²) < 4.78 is 0. The average molecular weight is 279 g/mol. The summed E-state index contributed by atoms with van der Waals surface area (Å²) in [5, 5.41) is 14.0. The molecule has 0 aliphatic carbocycles. The molecule has 21 heavy (non-hydrogen) atoms. The molecule has 4 heteroatoms. The first-order chi connectivity index (χ1) is 10.3. The second kappa shape index (κ2) is 5.45. The molecule has 1 heterocycles. The van der Waals surface area contributed by atoms with Crippen LogP contribution in [0.5, 0.6) is 0 Å². The van der Waals surface area contributed by atoms with Crippen LogP contribution in [0.2, 0.25) is 0 Å². The maximum absolute atomic E-state index is 12.1. The summed E-state index contributed by atoms with van der Waals surface area (Å²) in [5.74, 6) is 0.0564. The minimum absolute atomic E-state index is 0.0564. The van der Waals surface area contributed by atoms with E-state index in [1.54, 1.807) is 7.05 Å². The number of nitrogens with one attached hydrogen (secondary N) is 1. The molecule has 106 valence electrons. The largest absolute Gasteiger partial charge is 0.359 e. The fraction of sp³-hybridized carbons (Fsp3) is 0.294. The van der Waals surface area contributed by atoms with E-state index in [9.17, 15) is 10.1 Å². The zero-order valence-corrected chi connectivity index (χ0v) is 12.0. The number of rotatable bonds is 2. The Morgan fingerprint density at radius 2 is 2.05 bits per heavy atom. The Balaban J connectivity index is 2.13. The third-order valence-corrected chi connectivity index (χ3v) is 4.13. The highest BCUT2D eigenvalue weighted by Gasteiger charge is 2.31. The average Bonchev–Trinajstić information content (AvgIpc) is 3.02. The molecule has 2 aromatic rings. The van der Waals surface area contributed by atoms with Crippen LogP contribution in [-0.2, 0) is 4.79 Å². The Morgan fingerprint density at radius 3 is 2.76 bits per heavy atom. The van der Waals surface area contributed by atoms with Gasteiger partial charge in [-0.3, -0.25) is 4.79 Å². The van der Waals surface area contributed by atoms with Crippen molar-refractivity contribution in [3.8, 4) is 6.07 Å². The van der Waals surface area contributed by atoms with Crippen LogP contribution in [0.15, 0.2) is 36.4 Å². The summed E-state index contributed by atoms with van der Waals surface area (Å²) in [6.45, 7) is 0.869. The minimum atomic E-state index is -0.119. The summed E-state index contributed by atoms with van der Waals surface area (Å²) in [5.41, 5.74) is 1.71. The lowest BCUT2D eigenvalue weighted by Gasteiger charge is -2.27. The Morgan fingerprint density at radius 1 is 1.29 bits per heavy atom. The fourth-order valence-corrected chi connectivity index (χ4v) is 3.13. The molecular weight excluding hydrogens is 262 g/mol. The normalized spacial score (nSPS) is 17.7. The van der Waals surface area contributed by atoms with E-state index < -0.39 is 0 Å². The third-order valence-electron chi connectivity index (χ3n) is 4.13. The van der Waals surface area contributed by atoms with Crippen LogP contribution < -0.4 is 10.2 Å². The highest BCUT2D eigenvalue weighted by atomic mass is 16.2. The number of nitriles is 1. The van der Waals surface area contributed by atoms with Gasteiger partial charge in [-0.15, -0.1) is 0 Å². The van der Waals surface area contributed by atoms with Crippen LogP contribution in [0.4, 0.5) is 5.69 Å². The van der Waals surface area contributed by atoms with E-state index in [0.29, 0.717) is 5.56 Å². The van der Waals surface area contributed by atoms with Crippen LogP contribution in [-0.4, -0.2) is 25.5 Å². The number of anilines is 1. The Bertz CT molecular complexity index is 732. The summed E-state index contributed by atoms with van der Waals surface area (Å²) in [6, 6.07) is 13.8. The molecule has 0 bridgehead atoms. The Hall–Kier alpha value is -2.54. The van der Waals surface area contributed by atoms with Crippen molar-refractivity contribution in [3.05, 3.63) is 42.0 Å². The van der Waals surface area contributed by atoms with E-state index in [2.05, 4.69) is 16.3 Å². The van der Waals surface area contributed by atoms with E-state index in [0.717, 1.165) is 35.8 Å². The molecule has 3 rings (SSSR count). The van der Waals surface area contributed by atoms with E-state index in [1.165, 1.54) is 0 Å². The molecule has 1 aliphatic rings. The standard InChI is InChI=1S/C17H17N3O/c1-19-17(21)16-7-4-10-20(16)15-9-8-12(11-18)13-5-2-3-6-14(13)15/h2-3,5-6,8-9,16H,4,7,10H2,1H3,(H,19,21). The number of hydrogen-bond acceptors (Lipinski definition) is 3. The first-order valence-corrected chi connectivity index (χ1v) is 7.16. The van der Waals surface area contributed by atoms with Gasteiger partial charge in [0.2, 0.25) is 5.91 Å². The van der Waals surface area contributed by atoms with Gasteiger partial charge in [-0.2, -0.15) is 5.26 Å². The molecule has 1 N–H and O–H groups in total. The smallest absolute Gasteiger partial charge is 0.242 e. The molecule has 0 radical (unpaired) electrons. The molecule has 2 aromatic carbocycles. The van der Waals surface area contributed by atoms with Gasteiger partial charge in [0.05, 0.1) is 11.6 Å². The monoisotopic (exact) mass is 279 g/mol. The van der Waals surface area contributed by atoms with Gasteiger partial charge in [-0.1, -0.05) is 24.3 Å². The number of amides is 1. The lowest BCUT2D eigenvalue weighted by atomic mass is 10.0. The predicted molar refractivity (Wildman–Crippen MR) is 83.1 cm³/mol. The van der Waals surface area contributed by atoms with Gasteiger partial charge < -0.3 is 10.2 Å². The molecule has 1 unspecified atom stereocenters. The lowest BCUT2D eigenvalue weighted by Crippen LogP contribution is -2.42. The maximum Gasteiger partial charge on any atom is 0.242 e. The fourth-order valence-electron chi connectivity index (χ4n) is 3.13. The van der Waals surface area contributed by atoms with Crippen LogP contribution in [0.25, 0.3) is 10.8 Å². The van der Waals surface area contributed by atoms with Crippen molar-refractivity contribution < 1.29 is 4.79 Å². The highest BCUT2D eigenvalue weighted by molar-refractivity contribution is 5.99. The van der Waals surface area contributed by atoms with Crippen LogP contribution in [0.1, 0.15) is 18.4 Å². The summed E-state index contributed by atoms with van der Waals surface area (Å²) in [6.07, 6.45) is 1.88. The molecule has 4 nitrogen and oxygen atoms in total. The zero-order valence-electron chi connectivity index (χ0n) is 12.0. The number of fused-ring (bicyclic) bond motifs is 1. The van der Waals surface area contributed by atoms with E-state index >= 15 is 0 Å². The van der Waals surface area contributed by atoms with Gasteiger partial charge in [0.15, 0.2) is 0 Å². The highest BCUT2D eigenvalue weighted by Crippen LogP contribution is 2.33. The number of carbonyl (C=O) groups excluding carboxylic acids is 1. The molecule has 1 amide bonds. The van der Waals surface area contributed by atoms with E-state index in [-0.39, 0.29) is 11.9 Å². The minimum Gasteiger partial charge on any atom is -0.359 e. The van der Waals surface area contributed by atoms with Gasteiger partial charge >= 0.3 is 0 Å². The molecule has 0 aromatic heterocycles. The molecule has 1 saturated heterocycles. The third kappa shape index (κ3) is 2.21. The Kier molecular flexibility index (Phi) is 3.49. The number of carbonyl (C=O) groups is 1. The van der Waals surface area contributed by atoms with Crippen molar-refractivity contribution >= 4 is 22.4 Å². The van der Waals surface area contributed by atoms with Crippen LogP contribution >= 0.6 is 0 Å².